The van der Waals surface area contributed by atoms with Crippen molar-refractivity contribution in [3.63, 3.8) is 0 Å². The zero-order valence-corrected chi connectivity index (χ0v) is 11.1. The second-order valence-electron chi connectivity index (χ2n) is 4.77. The van der Waals surface area contributed by atoms with Gasteiger partial charge in [-0.2, -0.15) is 0 Å². The third-order valence-corrected chi connectivity index (χ3v) is 3.29. The van der Waals surface area contributed by atoms with E-state index in [0.717, 1.165) is 0 Å². The Balaban J connectivity index is 1.94. The molecule has 1 aromatic carbocycles. The maximum Gasteiger partial charge on any atom is 0.253 e. The normalized spacial score (nSPS) is 17.2. The third kappa shape index (κ3) is 3.12. The molecule has 5 nitrogen and oxygen atoms in total. The van der Waals surface area contributed by atoms with E-state index in [1.165, 1.54) is 0 Å². The van der Waals surface area contributed by atoms with E-state index in [1.807, 2.05) is 30.3 Å². The van der Waals surface area contributed by atoms with Gasteiger partial charge in [0.05, 0.1) is 6.04 Å². The van der Waals surface area contributed by atoms with Gasteiger partial charge in [0.15, 0.2) is 0 Å². The first-order valence-corrected chi connectivity index (χ1v) is 6.48. The van der Waals surface area contributed by atoms with E-state index in [2.05, 4.69) is 0 Å². The second kappa shape index (κ2) is 5.84. The van der Waals surface area contributed by atoms with E-state index in [-0.39, 0.29) is 11.8 Å². The molecule has 1 fully saturated rings. The van der Waals surface area contributed by atoms with Gasteiger partial charge in [0.25, 0.3) is 5.91 Å². The van der Waals surface area contributed by atoms with Crippen molar-refractivity contribution in [1.29, 1.82) is 0 Å². The molecule has 1 heterocycles. The molecule has 5 heteroatoms. The van der Waals surface area contributed by atoms with Crippen LogP contribution < -0.4 is 5.73 Å². The van der Waals surface area contributed by atoms with Gasteiger partial charge < -0.3 is 15.5 Å². The number of nitrogens with two attached hydrogens (primary N) is 1. The Morgan fingerprint density at radius 3 is 2.11 bits per heavy atom. The van der Waals surface area contributed by atoms with Gasteiger partial charge in [-0.1, -0.05) is 18.2 Å². The van der Waals surface area contributed by atoms with E-state index in [1.54, 1.807) is 16.7 Å². The van der Waals surface area contributed by atoms with Crippen LogP contribution in [0.1, 0.15) is 17.3 Å². The molecule has 1 saturated heterocycles. The van der Waals surface area contributed by atoms with Crippen LogP contribution in [0.2, 0.25) is 0 Å². The van der Waals surface area contributed by atoms with Gasteiger partial charge in [-0.05, 0) is 19.1 Å². The topological polar surface area (TPSA) is 66.6 Å². The first-order valence-electron chi connectivity index (χ1n) is 6.48. The summed E-state index contributed by atoms with van der Waals surface area (Å²) >= 11 is 0. The molecule has 0 aromatic heterocycles. The van der Waals surface area contributed by atoms with Crippen LogP contribution in [0.3, 0.4) is 0 Å². The van der Waals surface area contributed by atoms with E-state index >= 15 is 0 Å². The lowest BCUT2D eigenvalue weighted by atomic mass is 10.1. The van der Waals surface area contributed by atoms with Crippen LogP contribution in [0.15, 0.2) is 30.3 Å². The highest BCUT2D eigenvalue weighted by molar-refractivity contribution is 5.94. The summed E-state index contributed by atoms with van der Waals surface area (Å²) < 4.78 is 0. The number of amides is 2. The molecule has 0 bridgehead atoms. The summed E-state index contributed by atoms with van der Waals surface area (Å²) in [7, 11) is 0. The molecule has 1 aliphatic rings. The van der Waals surface area contributed by atoms with Crippen molar-refractivity contribution in [2.45, 2.75) is 13.0 Å². The summed E-state index contributed by atoms with van der Waals surface area (Å²) in [6.45, 7) is 3.92. The van der Waals surface area contributed by atoms with Gasteiger partial charge in [-0.3, -0.25) is 9.59 Å². The van der Waals surface area contributed by atoms with Gasteiger partial charge in [0.1, 0.15) is 0 Å². The zero-order valence-electron chi connectivity index (χ0n) is 11.1. The number of rotatable bonds is 2. The van der Waals surface area contributed by atoms with Gasteiger partial charge in [0.2, 0.25) is 5.91 Å². The molecule has 0 unspecified atom stereocenters. The first kappa shape index (κ1) is 13.5. The lowest BCUT2D eigenvalue weighted by Gasteiger charge is -2.35. The van der Waals surface area contributed by atoms with Crippen LogP contribution in [0.5, 0.6) is 0 Å². The Morgan fingerprint density at radius 2 is 1.58 bits per heavy atom. The third-order valence-electron chi connectivity index (χ3n) is 3.29. The molecule has 2 rings (SSSR count). The quantitative estimate of drug-likeness (QED) is 0.833. The highest BCUT2D eigenvalue weighted by atomic mass is 16.2. The Hall–Kier alpha value is -1.88. The Morgan fingerprint density at radius 1 is 1.05 bits per heavy atom. The van der Waals surface area contributed by atoms with Gasteiger partial charge in [-0.15, -0.1) is 0 Å². The molecular formula is C14H19N3O2. The van der Waals surface area contributed by atoms with E-state index in [9.17, 15) is 9.59 Å². The zero-order chi connectivity index (χ0) is 13.8. The largest absolute Gasteiger partial charge is 0.338 e. The highest BCUT2D eigenvalue weighted by Gasteiger charge is 2.25. The van der Waals surface area contributed by atoms with Crippen LogP contribution in [0.25, 0.3) is 0 Å². The highest BCUT2D eigenvalue weighted by Crippen LogP contribution is 2.09. The smallest absolute Gasteiger partial charge is 0.253 e. The van der Waals surface area contributed by atoms with Crippen molar-refractivity contribution >= 4 is 11.8 Å². The number of piperazine rings is 1. The van der Waals surface area contributed by atoms with E-state index in [0.29, 0.717) is 31.7 Å². The predicted octanol–water partition coefficient (Wildman–Crippen LogP) is 0.318. The van der Waals surface area contributed by atoms with Crippen LogP contribution >= 0.6 is 0 Å². The molecule has 1 atom stereocenters. The maximum absolute atomic E-state index is 12.2. The number of carbonyl (C=O) groups excluding carboxylic acids is 2. The molecular weight excluding hydrogens is 242 g/mol. The lowest BCUT2D eigenvalue weighted by molar-refractivity contribution is -0.133. The summed E-state index contributed by atoms with van der Waals surface area (Å²) in [4.78, 5) is 27.4. The van der Waals surface area contributed by atoms with Crippen LogP contribution in [-0.2, 0) is 4.79 Å². The number of benzene rings is 1. The molecule has 0 radical (unpaired) electrons. The molecule has 1 aliphatic heterocycles. The van der Waals surface area contributed by atoms with Crippen molar-refractivity contribution in [1.82, 2.24) is 9.80 Å². The second-order valence-corrected chi connectivity index (χ2v) is 4.77. The first-order chi connectivity index (χ1) is 9.09. The lowest BCUT2D eigenvalue weighted by Crippen LogP contribution is -2.53. The number of nitrogens with zero attached hydrogens (tertiary/aromatic N) is 2. The summed E-state index contributed by atoms with van der Waals surface area (Å²) in [5.74, 6) is -0.0275. The maximum atomic E-state index is 12.2. The molecule has 102 valence electrons. The minimum atomic E-state index is -0.476. The fourth-order valence-corrected chi connectivity index (χ4v) is 2.18. The van der Waals surface area contributed by atoms with Crippen molar-refractivity contribution < 1.29 is 9.59 Å². The molecule has 0 aliphatic carbocycles. The standard InChI is InChI=1S/C14H19N3O2/c1-11(15)13(18)16-7-9-17(10-8-16)14(19)12-5-3-2-4-6-12/h2-6,11H,7-10,15H2,1H3/t11-/m0/s1. The fourth-order valence-electron chi connectivity index (χ4n) is 2.18. The average Bonchev–Trinajstić information content (AvgIpc) is 2.46. The van der Waals surface area contributed by atoms with Crippen LogP contribution in [-0.4, -0.2) is 53.8 Å². The minimum Gasteiger partial charge on any atom is -0.338 e. The van der Waals surface area contributed by atoms with Gasteiger partial charge >= 0.3 is 0 Å². The van der Waals surface area contributed by atoms with Crippen LogP contribution in [0, 0.1) is 0 Å². The monoisotopic (exact) mass is 261 g/mol. The van der Waals surface area contributed by atoms with E-state index < -0.39 is 6.04 Å². The van der Waals surface area contributed by atoms with Crippen molar-refractivity contribution in [3.8, 4) is 0 Å². The molecule has 2 amide bonds. The summed E-state index contributed by atoms with van der Waals surface area (Å²) in [6, 6.07) is 8.72. The summed E-state index contributed by atoms with van der Waals surface area (Å²) in [6.07, 6.45) is 0. The predicted molar refractivity (Wildman–Crippen MR) is 72.6 cm³/mol. The molecule has 2 N–H and O–H groups in total. The molecule has 0 spiro atoms. The Kier molecular flexibility index (Phi) is 4.16. The SMILES string of the molecule is C[C@H](N)C(=O)N1CCN(C(=O)c2ccccc2)CC1. The van der Waals surface area contributed by atoms with E-state index in [4.69, 9.17) is 5.73 Å². The molecule has 1 aromatic rings. The average molecular weight is 261 g/mol. The molecule has 19 heavy (non-hydrogen) atoms. The summed E-state index contributed by atoms with van der Waals surface area (Å²) in [5.41, 5.74) is 6.27. The number of hydrogen-bond acceptors (Lipinski definition) is 3. The van der Waals surface area contributed by atoms with Crippen molar-refractivity contribution in [2.75, 3.05) is 26.2 Å². The van der Waals surface area contributed by atoms with Crippen LogP contribution in [0.4, 0.5) is 0 Å². The number of hydrogen-bond donors (Lipinski definition) is 1. The van der Waals surface area contributed by atoms with Gasteiger partial charge in [0, 0.05) is 31.7 Å². The van der Waals surface area contributed by atoms with Gasteiger partial charge in [-0.25, -0.2) is 0 Å². The minimum absolute atomic E-state index is 0.0218. The Bertz CT molecular complexity index is 451. The van der Waals surface area contributed by atoms with Crippen molar-refractivity contribution in [2.24, 2.45) is 5.73 Å². The fraction of sp³-hybridized carbons (Fsp3) is 0.429. The van der Waals surface area contributed by atoms with Crippen molar-refractivity contribution in [3.05, 3.63) is 35.9 Å². The molecule has 0 saturated carbocycles. The Labute approximate surface area is 113 Å². The number of carbonyl (C=O) groups is 2. The summed E-state index contributed by atoms with van der Waals surface area (Å²) in [5, 5.41) is 0.